The molecule has 7 atom stereocenters. The van der Waals surface area contributed by atoms with Crippen LogP contribution in [-0.2, 0) is 64.0 Å². The van der Waals surface area contributed by atoms with Crippen molar-refractivity contribution in [1.82, 2.24) is 47.4 Å². The first kappa shape index (κ1) is 56.8. The summed E-state index contributed by atoms with van der Waals surface area (Å²) in [7, 11) is 1.18. The Morgan fingerprint density at radius 3 is 1.97 bits per heavy atom. The fraction of sp³-hybridized carbons (Fsp3) is 0.581. The molecule has 376 valence electrons. The molecule has 0 aromatic heterocycles. The van der Waals surface area contributed by atoms with E-state index in [0.717, 1.165) is 4.90 Å². The van der Waals surface area contributed by atoms with Crippen molar-refractivity contribution in [3.05, 3.63) is 29.8 Å². The molecule has 0 saturated carbocycles. The summed E-state index contributed by atoms with van der Waals surface area (Å²) in [6, 6.07) is -3.25. The van der Waals surface area contributed by atoms with Gasteiger partial charge in [0.15, 0.2) is 0 Å². The molecule has 68 heavy (non-hydrogen) atoms. The number of nitrogens with two attached hydrogens (primary N) is 3. The van der Waals surface area contributed by atoms with E-state index in [1.54, 1.807) is 13.8 Å². The molecular weight excluding hydrogens is 893 g/mol. The number of likely N-dealkylation sites (N-methyl/N-ethyl adjacent to an activating group) is 1. The number of phenolic OH excluding ortho intramolecular Hbond substituents is 1. The third-order valence-corrected chi connectivity index (χ3v) is 10.8. The van der Waals surface area contributed by atoms with Gasteiger partial charge in [-0.05, 0) is 55.2 Å². The molecule has 1 aromatic carbocycles. The SMILES string of the molecule is CC[C@H](C)[C@@H]1NC(=O)[C@H](Cc2ccc(O)cc2)NC(=O)CNC(=O)CC[C@@H](C(=O)N(C)CC(=O)N[C@@H](CCC(C)C)C(=O)NCC(N)=O)NC(=O)[C@H](CC(N)=O)NC(=O)[C@H](CCC(N)=O)NC1=O. The maximum Gasteiger partial charge on any atom is 0.245 e. The molecule has 0 bridgehead atoms. The van der Waals surface area contributed by atoms with E-state index in [9.17, 15) is 62.6 Å². The lowest BCUT2D eigenvalue weighted by Gasteiger charge is -2.29. The first-order valence-electron chi connectivity index (χ1n) is 22.1. The van der Waals surface area contributed by atoms with Crippen LogP contribution in [0.4, 0.5) is 0 Å². The molecule has 0 spiro atoms. The van der Waals surface area contributed by atoms with E-state index in [1.807, 2.05) is 13.8 Å². The van der Waals surface area contributed by atoms with Gasteiger partial charge in [0.25, 0.3) is 0 Å². The summed E-state index contributed by atoms with van der Waals surface area (Å²) in [4.78, 5) is 159. The van der Waals surface area contributed by atoms with Crippen molar-refractivity contribution in [3.8, 4) is 5.75 Å². The maximum absolute atomic E-state index is 14.0. The predicted molar refractivity (Wildman–Crippen MR) is 241 cm³/mol. The molecule has 1 saturated heterocycles. The molecular formula is C43H66N12O13. The molecule has 12 amide bonds. The van der Waals surface area contributed by atoms with Gasteiger partial charge in [0, 0.05) is 26.3 Å². The van der Waals surface area contributed by atoms with Crippen LogP contribution in [0.15, 0.2) is 24.3 Å². The van der Waals surface area contributed by atoms with Crippen LogP contribution >= 0.6 is 0 Å². The van der Waals surface area contributed by atoms with Crippen molar-refractivity contribution < 1.29 is 62.6 Å². The van der Waals surface area contributed by atoms with Gasteiger partial charge in [0.05, 0.1) is 26.1 Å². The van der Waals surface area contributed by atoms with E-state index in [4.69, 9.17) is 17.2 Å². The van der Waals surface area contributed by atoms with Crippen LogP contribution in [0, 0.1) is 11.8 Å². The largest absolute Gasteiger partial charge is 0.508 e. The summed E-state index contributed by atoms with van der Waals surface area (Å²) in [5.74, 6) is -11.6. The van der Waals surface area contributed by atoms with Gasteiger partial charge in [-0.1, -0.05) is 46.2 Å². The summed E-state index contributed by atoms with van der Waals surface area (Å²) >= 11 is 0. The lowest BCUT2D eigenvalue weighted by atomic mass is 9.96. The zero-order chi connectivity index (χ0) is 51.2. The predicted octanol–water partition coefficient (Wildman–Crippen LogP) is -4.56. The summed E-state index contributed by atoms with van der Waals surface area (Å²) < 4.78 is 0. The van der Waals surface area contributed by atoms with E-state index in [-0.39, 0.29) is 24.5 Å². The van der Waals surface area contributed by atoms with Crippen LogP contribution in [0.5, 0.6) is 5.75 Å². The summed E-state index contributed by atoms with van der Waals surface area (Å²) in [5, 5.41) is 29.3. The second-order valence-electron chi connectivity index (χ2n) is 17.0. The maximum atomic E-state index is 14.0. The lowest BCUT2D eigenvalue weighted by Crippen LogP contribution is -2.61. The number of aromatic hydroxyl groups is 1. The number of amides is 12. The third-order valence-electron chi connectivity index (χ3n) is 10.8. The van der Waals surface area contributed by atoms with Crippen LogP contribution in [0.3, 0.4) is 0 Å². The van der Waals surface area contributed by atoms with Crippen LogP contribution in [0.25, 0.3) is 0 Å². The van der Waals surface area contributed by atoms with E-state index in [1.165, 1.54) is 31.3 Å². The molecule has 15 N–H and O–H groups in total. The first-order chi connectivity index (χ1) is 31.9. The molecule has 0 unspecified atom stereocenters. The smallest absolute Gasteiger partial charge is 0.245 e. The highest BCUT2D eigenvalue weighted by atomic mass is 16.3. The number of primary amides is 3. The van der Waals surface area contributed by atoms with Crippen molar-refractivity contribution >= 4 is 70.9 Å². The Balaban J connectivity index is 2.59. The minimum absolute atomic E-state index is 0.0718. The van der Waals surface area contributed by atoms with Crippen molar-refractivity contribution in [2.24, 2.45) is 29.0 Å². The minimum Gasteiger partial charge on any atom is -0.508 e. The monoisotopic (exact) mass is 958 g/mol. The molecule has 1 heterocycles. The molecule has 2 rings (SSSR count). The third kappa shape index (κ3) is 20.4. The van der Waals surface area contributed by atoms with E-state index < -0.39 is 165 Å². The first-order valence-corrected chi connectivity index (χ1v) is 22.1. The van der Waals surface area contributed by atoms with Gasteiger partial charge < -0.3 is 69.7 Å². The average Bonchev–Trinajstić information content (AvgIpc) is 3.26. The number of hydrogen-bond donors (Lipinski definition) is 12. The Morgan fingerprint density at radius 2 is 1.38 bits per heavy atom. The van der Waals surface area contributed by atoms with E-state index >= 15 is 0 Å². The van der Waals surface area contributed by atoms with Crippen molar-refractivity contribution in [3.63, 3.8) is 0 Å². The van der Waals surface area contributed by atoms with Crippen LogP contribution in [0.1, 0.15) is 84.6 Å². The normalized spacial score (nSPS) is 20.9. The van der Waals surface area contributed by atoms with Crippen molar-refractivity contribution in [2.75, 3.05) is 26.7 Å². The van der Waals surface area contributed by atoms with Crippen molar-refractivity contribution in [2.45, 2.75) is 122 Å². The standard InChI is InChI=1S/C43H66N12O13/c1-6-23(4)37-42(67)51-27(13-15-31(44)57)39(64)53-30(18-32(45)58)40(65)52-28(43(68)55(5)21-36(62)49-26(12-7-22(2)3)38(63)48-19-33(46)59)14-16-34(60)47-20-35(61)50-29(41(66)54-37)17-24-8-10-25(56)11-9-24/h8-11,22-23,26-30,37,56H,6-7,12-21H2,1-5H3,(H2,44,57)(H2,45,58)(H2,46,59)(H,47,60)(H,48,63)(H,49,62)(H,50,61)(H,51,67)(H,52,65)(H,53,64)(H,54,66)/t23-,26-,27-,28-,29-,30-,37-/m0/s1. The zero-order valence-corrected chi connectivity index (χ0v) is 38.9. The van der Waals surface area contributed by atoms with Crippen LogP contribution < -0.4 is 59.7 Å². The van der Waals surface area contributed by atoms with Crippen LogP contribution in [-0.4, -0.2) is 144 Å². The van der Waals surface area contributed by atoms with Gasteiger partial charge in [-0.25, -0.2) is 0 Å². The Bertz CT molecular complexity index is 2020. The van der Waals surface area contributed by atoms with Gasteiger partial charge in [0.1, 0.15) is 42.0 Å². The van der Waals surface area contributed by atoms with Gasteiger partial charge in [0.2, 0.25) is 70.9 Å². The minimum atomic E-state index is -1.83. The fourth-order valence-corrected chi connectivity index (χ4v) is 6.72. The molecule has 0 aliphatic carbocycles. The number of hydrogen-bond acceptors (Lipinski definition) is 13. The number of nitrogens with one attached hydrogen (secondary N) is 8. The Kier molecular flexibility index (Phi) is 23.4. The highest BCUT2D eigenvalue weighted by Crippen LogP contribution is 2.15. The molecule has 1 aliphatic heterocycles. The van der Waals surface area contributed by atoms with Gasteiger partial charge in [-0.3, -0.25) is 57.5 Å². The molecule has 1 aromatic rings. The zero-order valence-electron chi connectivity index (χ0n) is 38.9. The van der Waals surface area contributed by atoms with Gasteiger partial charge in [-0.15, -0.1) is 0 Å². The number of nitrogens with zero attached hydrogens (tertiary/aromatic N) is 1. The van der Waals surface area contributed by atoms with Crippen LogP contribution in [0.2, 0.25) is 0 Å². The highest BCUT2D eigenvalue weighted by molar-refractivity contribution is 5.99. The Labute approximate surface area is 393 Å². The van der Waals surface area contributed by atoms with E-state index in [0.29, 0.717) is 18.4 Å². The summed E-state index contributed by atoms with van der Waals surface area (Å²) in [6.45, 7) is 5.23. The quantitative estimate of drug-likeness (QED) is 0.0623. The van der Waals surface area contributed by atoms with E-state index in [2.05, 4.69) is 42.5 Å². The molecule has 1 fully saturated rings. The molecule has 25 heteroatoms. The van der Waals surface area contributed by atoms with Gasteiger partial charge in [-0.2, -0.15) is 0 Å². The second-order valence-corrected chi connectivity index (χ2v) is 17.0. The second kappa shape index (κ2) is 28.0. The number of carbonyl (C=O) groups excluding carboxylic acids is 12. The molecule has 0 radical (unpaired) electrons. The lowest BCUT2D eigenvalue weighted by molar-refractivity contribution is -0.140. The topological polar surface area (TPSA) is 403 Å². The average molecular weight is 959 g/mol. The Hall–Kier alpha value is -7.34. The number of rotatable bonds is 19. The fourth-order valence-electron chi connectivity index (χ4n) is 6.72. The highest BCUT2D eigenvalue weighted by Gasteiger charge is 2.36. The number of phenols is 1. The molecule has 1 aliphatic rings. The number of carbonyl (C=O) groups is 12. The Morgan fingerprint density at radius 1 is 0.765 bits per heavy atom. The summed E-state index contributed by atoms with van der Waals surface area (Å²) in [5.41, 5.74) is 16.4. The summed E-state index contributed by atoms with van der Waals surface area (Å²) in [6.07, 6.45) is -1.97. The number of benzene rings is 1. The van der Waals surface area contributed by atoms with Gasteiger partial charge >= 0.3 is 0 Å². The van der Waals surface area contributed by atoms with Crippen molar-refractivity contribution in [1.29, 1.82) is 0 Å². The molecule has 25 nitrogen and oxygen atoms in total.